The van der Waals surface area contributed by atoms with Crippen LogP contribution in [0.5, 0.6) is 0 Å². The first-order valence-electron chi connectivity index (χ1n) is 6.84. The second-order valence-corrected chi connectivity index (χ2v) is 6.83. The number of hydrogen-bond donors (Lipinski definition) is 0. The smallest absolute Gasteiger partial charge is 0.338 e. The van der Waals surface area contributed by atoms with Gasteiger partial charge in [-0.05, 0) is 25.1 Å². The van der Waals surface area contributed by atoms with Gasteiger partial charge in [-0.3, -0.25) is 0 Å². The van der Waals surface area contributed by atoms with E-state index in [0.717, 1.165) is 17.0 Å². The van der Waals surface area contributed by atoms with Crippen molar-refractivity contribution >= 4 is 37.8 Å². The maximum absolute atomic E-state index is 12.2. The first-order valence-corrected chi connectivity index (χ1v) is 8.69. The normalized spacial score (nSPS) is 11.9. The van der Waals surface area contributed by atoms with Gasteiger partial charge in [-0.25, -0.2) is 17.2 Å². The van der Waals surface area contributed by atoms with E-state index >= 15 is 0 Å². The molecule has 0 atom stereocenters. The summed E-state index contributed by atoms with van der Waals surface area (Å²) in [5, 5.41) is 1.62. The molecule has 0 aliphatic rings. The Morgan fingerprint density at radius 1 is 1.09 bits per heavy atom. The Labute approximate surface area is 128 Å². The number of nitrogens with zero attached hydrogens (tertiary/aromatic N) is 1. The van der Waals surface area contributed by atoms with E-state index in [1.807, 2.05) is 12.1 Å². The fourth-order valence-electron chi connectivity index (χ4n) is 2.63. The molecule has 2 aromatic carbocycles. The molecule has 0 fully saturated rings. The lowest BCUT2D eigenvalue weighted by Gasteiger charge is -2.05. The molecule has 0 bridgehead atoms. The van der Waals surface area contributed by atoms with Crippen LogP contribution in [0.15, 0.2) is 42.5 Å². The van der Waals surface area contributed by atoms with Crippen LogP contribution in [0.2, 0.25) is 0 Å². The molecule has 3 rings (SSSR count). The number of fused-ring (bicyclic) bond motifs is 3. The number of benzene rings is 2. The number of rotatable bonds is 3. The maximum atomic E-state index is 12.2. The molecule has 0 aliphatic carbocycles. The largest absolute Gasteiger partial charge is 0.462 e. The molecule has 0 radical (unpaired) electrons. The van der Waals surface area contributed by atoms with E-state index < -0.39 is 16.0 Å². The number of aromatic nitrogens is 1. The minimum Gasteiger partial charge on any atom is -0.462 e. The molecule has 0 aliphatic heterocycles. The highest BCUT2D eigenvalue weighted by molar-refractivity contribution is 7.89. The van der Waals surface area contributed by atoms with Gasteiger partial charge in [0.25, 0.3) is 0 Å². The third-order valence-electron chi connectivity index (χ3n) is 3.47. The molecule has 1 aromatic heterocycles. The minimum absolute atomic E-state index is 0.270. The summed E-state index contributed by atoms with van der Waals surface area (Å²) in [4.78, 5) is 11.9. The summed E-state index contributed by atoms with van der Waals surface area (Å²) in [5.74, 6) is -0.463. The third kappa shape index (κ3) is 2.25. The highest BCUT2D eigenvalue weighted by atomic mass is 32.2. The van der Waals surface area contributed by atoms with Crippen LogP contribution in [0.25, 0.3) is 21.8 Å². The molecule has 1 heterocycles. The topological polar surface area (TPSA) is 65.4 Å². The predicted octanol–water partition coefficient (Wildman–Crippen LogP) is 2.78. The molecule has 0 N–H and O–H groups in total. The summed E-state index contributed by atoms with van der Waals surface area (Å²) < 4.78 is 30.6. The van der Waals surface area contributed by atoms with Crippen molar-refractivity contribution < 1.29 is 17.9 Å². The Kier molecular flexibility index (Phi) is 3.41. The van der Waals surface area contributed by atoms with E-state index in [2.05, 4.69) is 0 Å². The van der Waals surface area contributed by atoms with Crippen LogP contribution in [-0.2, 0) is 14.8 Å². The zero-order valence-electron chi connectivity index (χ0n) is 12.2. The fraction of sp³-hybridized carbons (Fsp3) is 0.188. The standard InChI is InChI=1S/C16H15NO4S/c1-3-21-16(18)11-8-9-13-12-6-4-5-7-14(12)17(15(13)10-11)22(2,19)20/h4-10H,3H2,1-2H3. The van der Waals surface area contributed by atoms with Crippen LogP contribution < -0.4 is 0 Å². The van der Waals surface area contributed by atoms with Gasteiger partial charge in [0.2, 0.25) is 10.0 Å². The van der Waals surface area contributed by atoms with Gasteiger partial charge in [-0.15, -0.1) is 0 Å². The van der Waals surface area contributed by atoms with Crippen molar-refractivity contribution in [3.8, 4) is 0 Å². The van der Waals surface area contributed by atoms with E-state index in [0.29, 0.717) is 16.6 Å². The molecule has 3 aromatic rings. The van der Waals surface area contributed by atoms with Gasteiger partial charge in [-0.1, -0.05) is 24.3 Å². The summed E-state index contributed by atoms with van der Waals surface area (Å²) >= 11 is 0. The molecular weight excluding hydrogens is 302 g/mol. The predicted molar refractivity (Wildman–Crippen MR) is 85.6 cm³/mol. The number of ether oxygens (including phenoxy) is 1. The Morgan fingerprint density at radius 3 is 2.45 bits per heavy atom. The molecule has 22 heavy (non-hydrogen) atoms. The molecule has 5 nitrogen and oxygen atoms in total. The van der Waals surface area contributed by atoms with E-state index in [4.69, 9.17) is 4.74 Å². The maximum Gasteiger partial charge on any atom is 0.338 e. The number of esters is 1. The lowest BCUT2D eigenvalue weighted by atomic mass is 10.1. The van der Waals surface area contributed by atoms with E-state index in [1.54, 1.807) is 37.3 Å². The summed E-state index contributed by atoms with van der Waals surface area (Å²) in [6.07, 6.45) is 1.15. The number of carbonyl (C=O) groups is 1. The molecule has 0 saturated carbocycles. The zero-order chi connectivity index (χ0) is 15.9. The van der Waals surface area contributed by atoms with Crippen molar-refractivity contribution in [3.05, 3.63) is 48.0 Å². The summed E-state index contributed by atoms with van der Waals surface area (Å²) in [6, 6.07) is 12.2. The highest BCUT2D eigenvalue weighted by Gasteiger charge is 2.18. The zero-order valence-corrected chi connectivity index (χ0v) is 13.1. The van der Waals surface area contributed by atoms with Crippen molar-refractivity contribution in [2.24, 2.45) is 0 Å². The van der Waals surface area contributed by atoms with Gasteiger partial charge in [0.15, 0.2) is 0 Å². The SMILES string of the molecule is CCOC(=O)c1ccc2c3ccccc3n(S(C)(=O)=O)c2c1. The van der Waals surface area contributed by atoms with Gasteiger partial charge < -0.3 is 4.74 Å². The van der Waals surface area contributed by atoms with E-state index in [1.165, 1.54) is 3.97 Å². The molecule has 0 unspecified atom stereocenters. The highest BCUT2D eigenvalue weighted by Crippen LogP contribution is 2.30. The van der Waals surface area contributed by atoms with Crippen molar-refractivity contribution in [1.29, 1.82) is 0 Å². The van der Waals surface area contributed by atoms with Crippen molar-refractivity contribution in [3.63, 3.8) is 0 Å². The molecular formula is C16H15NO4S. The van der Waals surface area contributed by atoms with Gasteiger partial charge in [0.05, 0.1) is 29.5 Å². The monoisotopic (exact) mass is 317 g/mol. The Morgan fingerprint density at radius 2 is 1.77 bits per heavy atom. The van der Waals surface area contributed by atoms with Crippen molar-refractivity contribution in [1.82, 2.24) is 3.97 Å². The number of carbonyl (C=O) groups excluding carboxylic acids is 1. The minimum atomic E-state index is -3.50. The van der Waals surface area contributed by atoms with Crippen LogP contribution >= 0.6 is 0 Å². The average Bonchev–Trinajstić information content (AvgIpc) is 2.80. The van der Waals surface area contributed by atoms with Gasteiger partial charge >= 0.3 is 5.97 Å². The van der Waals surface area contributed by atoms with Gasteiger partial charge in [0, 0.05) is 10.8 Å². The van der Waals surface area contributed by atoms with E-state index in [-0.39, 0.29) is 6.61 Å². The molecule has 6 heteroatoms. The summed E-state index contributed by atoms with van der Waals surface area (Å²) in [5.41, 5.74) is 1.41. The van der Waals surface area contributed by atoms with Crippen LogP contribution in [-0.4, -0.2) is 31.2 Å². The van der Waals surface area contributed by atoms with Crippen LogP contribution in [0, 0.1) is 0 Å². The first kappa shape index (κ1) is 14.6. The molecule has 0 amide bonds. The second kappa shape index (κ2) is 5.14. The molecule has 0 saturated heterocycles. The Balaban J connectivity index is 2.41. The lowest BCUT2D eigenvalue weighted by molar-refractivity contribution is 0.0526. The number of para-hydroxylation sites is 1. The van der Waals surface area contributed by atoms with Crippen LogP contribution in [0.1, 0.15) is 17.3 Å². The number of hydrogen-bond acceptors (Lipinski definition) is 4. The Hall–Kier alpha value is -2.34. The van der Waals surface area contributed by atoms with E-state index in [9.17, 15) is 13.2 Å². The summed E-state index contributed by atoms with van der Waals surface area (Å²) in [6.45, 7) is 2.00. The Bertz CT molecular complexity index is 986. The van der Waals surface area contributed by atoms with Crippen molar-refractivity contribution in [2.45, 2.75) is 6.92 Å². The quantitative estimate of drug-likeness (QED) is 0.697. The molecule has 114 valence electrons. The van der Waals surface area contributed by atoms with Crippen LogP contribution in [0.4, 0.5) is 0 Å². The van der Waals surface area contributed by atoms with Gasteiger partial charge in [0.1, 0.15) is 0 Å². The first-order chi connectivity index (χ1) is 10.4. The second-order valence-electron chi connectivity index (χ2n) is 5.00. The lowest BCUT2D eigenvalue weighted by Crippen LogP contribution is -2.10. The fourth-order valence-corrected chi connectivity index (χ4v) is 3.66. The summed E-state index contributed by atoms with van der Waals surface area (Å²) in [7, 11) is -3.50. The van der Waals surface area contributed by atoms with Crippen molar-refractivity contribution in [2.75, 3.05) is 12.9 Å². The molecule has 0 spiro atoms. The third-order valence-corrected chi connectivity index (χ3v) is 4.53. The van der Waals surface area contributed by atoms with Gasteiger partial charge in [-0.2, -0.15) is 0 Å². The van der Waals surface area contributed by atoms with Crippen LogP contribution in [0.3, 0.4) is 0 Å². The average molecular weight is 317 g/mol.